The molecule has 0 heterocycles. The van der Waals surface area contributed by atoms with Crippen LogP contribution < -0.4 is 10.1 Å². The zero-order valence-corrected chi connectivity index (χ0v) is 15.8. The fourth-order valence-corrected chi connectivity index (χ4v) is 2.73. The van der Waals surface area contributed by atoms with E-state index < -0.39 is 23.8 Å². The molecular weight excluding hydrogens is 373 g/mol. The summed E-state index contributed by atoms with van der Waals surface area (Å²) in [5, 5.41) is 2.65. The first kappa shape index (κ1) is 20.1. The molecule has 0 saturated carbocycles. The van der Waals surface area contributed by atoms with Crippen molar-refractivity contribution in [3.8, 4) is 5.75 Å². The first-order valence-electron chi connectivity index (χ1n) is 9.12. The molecule has 5 nitrogen and oxygen atoms in total. The van der Waals surface area contributed by atoms with Crippen molar-refractivity contribution in [1.82, 2.24) is 0 Å². The van der Waals surface area contributed by atoms with E-state index in [4.69, 9.17) is 9.47 Å². The maximum atomic E-state index is 13.1. The van der Waals surface area contributed by atoms with Gasteiger partial charge in [0.15, 0.2) is 0 Å². The van der Waals surface area contributed by atoms with Crippen molar-refractivity contribution >= 4 is 17.6 Å². The molecule has 0 radical (unpaired) electrons. The smallest absolute Gasteiger partial charge is 0.343 e. The van der Waals surface area contributed by atoms with Crippen LogP contribution >= 0.6 is 0 Å². The number of rotatable bonds is 7. The van der Waals surface area contributed by atoms with E-state index in [1.165, 1.54) is 24.3 Å². The van der Waals surface area contributed by atoms with Crippen molar-refractivity contribution in [1.29, 1.82) is 0 Å². The lowest BCUT2D eigenvalue weighted by Gasteiger charge is -2.19. The van der Waals surface area contributed by atoms with Gasteiger partial charge < -0.3 is 14.8 Å². The van der Waals surface area contributed by atoms with Crippen LogP contribution in [0.25, 0.3) is 0 Å². The summed E-state index contributed by atoms with van der Waals surface area (Å²) in [5.41, 5.74) is 1.13. The second kappa shape index (κ2) is 9.50. The third kappa shape index (κ3) is 5.19. The van der Waals surface area contributed by atoms with Gasteiger partial charge in [-0.25, -0.2) is 9.18 Å². The summed E-state index contributed by atoms with van der Waals surface area (Å²) in [4.78, 5) is 25.7. The van der Waals surface area contributed by atoms with Gasteiger partial charge in [-0.15, -0.1) is 0 Å². The van der Waals surface area contributed by atoms with Crippen LogP contribution in [0.5, 0.6) is 5.75 Å². The number of anilines is 1. The Balaban J connectivity index is 1.85. The third-order valence-corrected chi connectivity index (χ3v) is 4.08. The molecule has 0 saturated heterocycles. The number of halogens is 1. The SMILES string of the molecule is CCOc1ccccc1C(=O)O[C@H](C(=O)Nc1ccc(F)cc1)c1ccccc1. The van der Waals surface area contributed by atoms with E-state index in [2.05, 4.69) is 5.32 Å². The summed E-state index contributed by atoms with van der Waals surface area (Å²) >= 11 is 0. The molecule has 1 amide bonds. The van der Waals surface area contributed by atoms with Gasteiger partial charge in [0.25, 0.3) is 5.91 Å². The highest BCUT2D eigenvalue weighted by Crippen LogP contribution is 2.25. The normalized spacial score (nSPS) is 11.4. The molecule has 0 aliphatic carbocycles. The summed E-state index contributed by atoms with van der Waals surface area (Å²) in [6.45, 7) is 2.20. The number of hydrogen-bond acceptors (Lipinski definition) is 4. The van der Waals surface area contributed by atoms with E-state index in [-0.39, 0.29) is 5.56 Å². The molecule has 0 spiro atoms. The predicted molar refractivity (Wildman–Crippen MR) is 107 cm³/mol. The molecule has 1 atom stereocenters. The minimum atomic E-state index is -1.19. The molecule has 6 heteroatoms. The van der Waals surface area contributed by atoms with E-state index >= 15 is 0 Å². The molecule has 1 N–H and O–H groups in total. The van der Waals surface area contributed by atoms with Gasteiger partial charge in [-0.05, 0) is 43.3 Å². The van der Waals surface area contributed by atoms with Gasteiger partial charge in [-0.3, -0.25) is 4.79 Å². The number of esters is 1. The van der Waals surface area contributed by atoms with E-state index in [1.807, 2.05) is 6.92 Å². The number of benzene rings is 3. The minimum Gasteiger partial charge on any atom is -0.493 e. The lowest BCUT2D eigenvalue weighted by atomic mass is 10.1. The Hall–Kier alpha value is -3.67. The van der Waals surface area contributed by atoms with E-state index in [1.54, 1.807) is 54.6 Å². The third-order valence-electron chi connectivity index (χ3n) is 4.08. The van der Waals surface area contributed by atoms with Gasteiger partial charge in [0, 0.05) is 11.3 Å². The Morgan fingerprint density at radius 1 is 0.931 bits per heavy atom. The Morgan fingerprint density at radius 2 is 1.59 bits per heavy atom. The number of ether oxygens (including phenoxy) is 2. The highest BCUT2D eigenvalue weighted by atomic mass is 19.1. The predicted octanol–water partition coefficient (Wildman–Crippen LogP) is 4.76. The largest absolute Gasteiger partial charge is 0.493 e. The van der Waals surface area contributed by atoms with Crippen LogP contribution in [-0.2, 0) is 9.53 Å². The monoisotopic (exact) mass is 393 g/mol. The molecule has 148 valence electrons. The zero-order valence-electron chi connectivity index (χ0n) is 15.8. The summed E-state index contributed by atoms with van der Waals surface area (Å²) < 4.78 is 24.2. The Kier molecular flexibility index (Phi) is 6.58. The quantitative estimate of drug-likeness (QED) is 0.588. The lowest BCUT2D eigenvalue weighted by molar-refractivity contribution is -0.125. The average molecular weight is 393 g/mol. The molecule has 3 aromatic rings. The molecule has 0 aliphatic rings. The van der Waals surface area contributed by atoms with Gasteiger partial charge in [0.1, 0.15) is 17.1 Å². The Bertz CT molecular complexity index is 974. The van der Waals surface area contributed by atoms with Crippen LogP contribution in [0.2, 0.25) is 0 Å². The zero-order chi connectivity index (χ0) is 20.6. The van der Waals surface area contributed by atoms with E-state index in [9.17, 15) is 14.0 Å². The van der Waals surface area contributed by atoms with Crippen molar-refractivity contribution < 1.29 is 23.5 Å². The van der Waals surface area contributed by atoms with Crippen molar-refractivity contribution in [3.63, 3.8) is 0 Å². The average Bonchev–Trinajstić information content (AvgIpc) is 2.74. The number of para-hydroxylation sites is 1. The van der Waals surface area contributed by atoms with Gasteiger partial charge in [0.2, 0.25) is 6.10 Å². The van der Waals surface area contributed by atoms with Gasteiger partial charge in [-0.1, -0.05) is 42.5 Å². The van der Waals surface area contributed by atoms with Crippen molar-refractivity contribution in [2.75, 3.05) is 11.9 Å². The molecule has 0 fully saturated rings. The lowest BCUT2D eigenvalue weighted by Crippen LogP contribution is -2.26. The van der Waals surface area contributed by atoms with Gasteiger partial charge >= 0.3 is 5.97 Å². The maximum absolute atomic E-state index is 13.1. The summed E-state index contributed by atoms with van der Waals surface area (Å²) in [6.07, 6.45) is -1.19. The molecule has 29 heavy (non-hydrogen) atoms. The first-order valence-corrected chi connectivity index (χ1v) is 9.12. The van der Waals surface area contributed by atoms with Gasteiger partial charge in [0.05, 0.1) is 6.61 Å². The van der Waals surface area contributed by atoms with Crippen molar-refractivity contribution in [3.05, 3.63) is 95.8 Å². The summed E-state index contributed by atoms with van der Waals surface area (Å²) in [5.74, 6) is -1.27. The van der Waals surface area contributed by atoms with Crippen LogP contribution in [0.4, 0.5) is 10.1 Å². The van der Waals surface area contributed by atoms with Crippen LogP contribution in [0.3, 0.4) is 0 Å². The minimum absolute atomic E-state index is 0.227. The van der Waals surface area contributed by atoms with Crippen LogP contribution in [-0.4, -0.2) is 18.5 Å². The fraction of sp³-hybridized carbons (Fsp3) is 0.130. The summed E-state index contributed by atoms with van der Waals surface area (Å²) in [7, 11) is 0. The van der Waals surface area contributed by atoms with Crippen molar-refractivity contribution in [2.45, 2.75) is 13.0 Å². The summed E-state index contributed by atoms with van der Waals surface area (Å²) in [6, 6.07) is 20.7. The second-order valence-electron chi connectivity index (χ2n) is 6.12. The highest BCUT2D eigenvalue weighted by molar-refractivity contribution is 5.99. The van der Waals surface area contributed by atoms with Crippen molar-refractivity contribution in [2.24, 2.45) is 0 Å². The van der Waals surface area contributed by atoms with Crippen LogP contribution in [0, 0.1) is 5.82 Å². The molecule has 3 rings (SSSR count). The molecular formula is C23H20FNO4. The second-order valence-corrected chi connectivity index (χ2v) is 6.12. The van der Waals surface area contributed by atoms with Crippen LogP contribution in [0.15, 0.2) is 78.9 Å². The number of carbonyl (C=O) groups excluding carboxylic acids is 2. The molecule has 3 aromatic carbocycles. The molecule has 0 aromatic heterocycles. The Morgan fingerprint density at radius 3 is 2.28 bits per heavy atom. The molecule has 0 aliphatic heterocycles. The first-order chi connectivity index (χ1) is 14.1. The number of carbonyl (C=O) groups is 2. The number of hydrogen-bond donors (Lipinski definition) is 1. The Labute approximate surface area is 168 Å². The molecule has 0 unspecified atom stereocenters. The number of amides is 1. The fourth-order valence-electron chi connectivity index (χ4n) is 2.73. The van der Waals surface area contributed by atoms with Crippen LogP contribution in [0.1, 0.15) is 28.9 Å². The van der Waals surface area contributed by atoms with E-state index in [0.29, 0.717) is 23.6 Å². The highest BCUT2D eigenvalue weighted by Gasteiger charge is 2.27. The van der Waals surface area contributed by atoms with E-state index in [0.717, 1.165) is 0 Å². The standard InChI is InChI=1S/C23H20FNO4/c1-2-28-20-11-7-6-10-19(20)23(27)29-21(16-8-4-3-5-9-16)22(26)25-18-14-12-17(24)13-15-18/h3-15,21H,2H2,1H3,(H,25,26)/t21-/m0/s1. The maximum Gasteiger partial charge on any atom is 0.343 e. The van der Waals surface area contributed by atoms with Gasteiger partial charge in [-0.2, -0.15) is 0 Å². The number of nitrogens with one attached hydrogen (secondary N) is 1. The molecule has 0 bridgehead atoms. The topological polar surface area (TPSA) is 64.6 Å².